The van der Waals surface area contributed by atoms with Gasteiger partial charge in [0.15, 0.2) is 0 Å². The van der Waals surface area contributed by atoms with Crippen molar-refractivity contribution in [3.05, 3.63) is 11.6 Å². The molecule has 3 atom stereocenters. The number of hydrogen-bond donors (Lipinski definition) is 1. The molecular formula is C15H26O. The molecule has 2 aliphatic carbocycles. The fourth-order valence-electron chi connectivity index (χ4n) is 3.79. The van der Waals surface area contributed by atoms with Gasteiger partial charge in [0.2, 0.25) is 0 Å². The Hall–Kier alpha value is -0.300. The first-order valence-electron chi connectivity index (χ1n) is 6.73. The van der Waals surface area contributed by atoms with E-state index in [0.717, 1.165) is 6.42 Å². The van der Waals surface area contributed by atoms with E-state index >= 15 is 0 Å². The SMILES string of the molecule is CC1=C[C@H]2[C@@H](CC1)[C@@](C)(O)CCCC2(C)C. The summed E-state index contributed by atoms with van der Waals surface area (Å²) in [5, 5.41) is 10.6. The van der Waals surface area contributed by atoms with Gasteiger partial charge in [-0.3, -0.25) is 0 Å². The minimum Gasteiger partial charge on any atom is -0.390 e. The second-order valence-electron chi connectivity index (χ2n) is 6.88. The maximum absolute atomic E-state index is 10.6. The van der Waals surface area contributed by atoms with Crippen LogP contribution in [0.3, 0.4) is 0 Å². The summed E-state index contributed by atoms with van der Waals surface area (Å²) < 4.78 is 0. The standard InChI is InChI=1S/C15H26O/c1-11-6-7-12-13(10-11)14(2,3)8-5-9-15(12,4)16/h10,12-13,16H,5-9H2,1-4H3/t12-,13+,15+/m1/s1. The van der Waals surface area contributed by atoms with Crippen LogP contribution in [-0.4, -0.2) is 10.7 Å². The highest BCUT2D eigenvalue weighted by Gasteiger charge is 2.46. The van der Waals surface area contributed by atoms with Crippen molar-refractivity contribution in [1.29, 1.82) is 0 Å². The highest BCUT2D eigenvalue weighted by molar-refractivity contribution is 5.14. The molecule has 0 heterocycles. The number of rotatable bonds is 0. The van der Waals surface area contributed by atoms with Crippen LogP contribution in [0.4, 0.5) is 0 Å². The summed E-state index contributed by atoms with van der Waals surface area (Å²) in [5.41, 5.74) is 1.43. The predicted octanol–water partition coefficient (Wildman–Crippen LogP) is 3.92. The quantitative estimate of drug-likeness (QED) is 0.616. The van der Waals surface area contributed by atoms with Gasteiger partial charge in [-0.05, 0) is 56.8 Å². The molecule has 1 saturated carbocycles. The molecule has 0 saturated heterocycles. The summed E-state index contributed by atoms with van der Waals surface area (Å²) in [7, 11) is 0. The van der Waals surface area contributed by atoms with Gasteiger partial charge in [-0.25, -0.2) is 0 Å². The zero-order valence-corrected chi connectivity index (χ0v) is 11.2. The third kappa shape index (κ3) is 2.07. The molecule has 0 amide bonds. The first kappa shape index (κ1) is 12.2. The van der Waals surface area contributed by atoms with Gasteiger partial charge in [0, 0.05) is 0 Å². The lowest BCUT2D eigenvalue weighted by molar-refractivity contribution is -0.0380. The normalized spacial score (nSPS) is 43.2. The highest BCUT2D eigenvalue weighted by atomic mass is 16.3. The maximum Gasteiger partial charge on any atom is 0.0653 e. The molecule has 1 fully saturated rings. The molecule has 0 bridgehead atoms. The van der Waals surface area contributed by atoms with Crippen LogP contribution in [0, 0.1) is 17.3 Å². The van der Waals surface area contributed by atoms with Crippen molar-refractivity contribution in [2.24, 2.45) is 17.3 Å². The molecule has 0 aliphatic heterocycles. The summed E-state index contributed by atoms with van der Waals surface area (Å²) in [4.78, 5) is 0. The van der Waals surface area contributed by atoms with Gasteiger partial charge >= 0.3 is 0 Å². The molecule has 1 heteroatoms. The molecule has 92 valence electrons. The van der Waals surface area contributed by atoms with Crippen LogP contribution in [0.5, 0.6) is 0 Å². The van der Waals surface area contributed by atoms with Crippen LogP contribution in [0.1, 0.15) is 59.8 Å². The molecular weight excluding hydrogens is 196 g/mol. The molecule has 1 nitrogen and oxygen atoms in total. The van der Waals surface area contributed by atoms with E-state index in [-0.39, 0.29) is 0 Å². The number of aliphatic hydroxyl groups is 1. The summed E-state index contributed by atoms with van der Waals surface area (Å²) >= 11 is 0. The Morgan fingerprint density at radius 3 is 2.62 bits per heavy atom. The van der Waals surface area contributed by atoms with E-state index < -0.39 is 5.60 Å². The summed E-state index contributed by atoms with van der Waals surface area (Å²) in [6, 6.07) is 0. The fraction of sp³-hybridized carbons (Fsp3) is 0.867. The number of allylic oxidation sites excluding steroid dienone is 2. The van der Waals surface area contributed by atoms with Crippen molar-refractivity contribution < 1.29 is 5.11 Å². The molecule has 2 aliphatic rings. The van der Waals surface area contributed by atoms with Gasteiger partial charge in [0.05, 0.1) is 5.60 Å². The van der Waals surface area contributed by atoms with Crippen molar-refractivity contribution in [2.45, 2.75) is 65.4 Å². The Morgan fingerprint density at radius 2 is 1.94 bits per heavy atom. The van der Waals surface area contributed by atoms with Gasteiger partial charge in [-0.15, -0.1) is 0 Å². The molecule has 16 heavy (non-hydrogen) atoms. The van der Waals surface area contributed by atoms with Crippen LogP contribution in [0.15, 0.2) is 11.6 Å². The smallest absolute Gasteiger partial charge is 0.0653 e. The Kier molecular flexibility index (Phi) is 2.94. The lowest BCUT2D eigenvalue weighted by atomic mass is 9.63. The van der Waals surface area contributed by atoms with E-state index in [2.05, 4.69) is 33.8 Å². The van der Waals surface area contributed by atoms with Crippen LogP contribution in [0.25, 0.3) is 0 Å². The van der Waals surface area contributed by atoms with Crippen LogP contribution in [0.2, 0.25) is 0 Å². The van der Waals surface area contributed by atoms with Crippen molar-refractivity contribution in [2.75, 3.05) is 0 Å². The van der Waals surface area contributed by atoms with Crippen molar-refractivity contribution in [3.8, 4) is 0 Å². The van der Waals surface area contributed by atoms with E-state index in [1.165, 1.54) is 31.3 Å². The molecule has 0 unspecified atom stereocenters. The third-order valence-electron chi connectivity index (χ3n) is 4.95. The van der Waals surface area contributed by atoms with Gasteiger partial charge in [-0.1, -0.05) is 31.9 Å². The highest BCUT2D eigenvalue weighted by Crippen LogP contribution is 2.51. The summed E-state index contributed by atoms with van der Waals surface area (Å²) in [6.45, 7) is 9.05. The fourth-order valence-corrected chi connectivity index (χ4v) is 3.79. The second kappa shape index (κ2) is 3.87. The van der Waals surface area contributed by atoms with Gasteiger partial charge in [0.25, 0.3) is 0 Å². The lowest BCUT2D eigenvalue weighted by Gasteiger charge is -2.44. The number of fused-ring (bicyclic) bond motifs is 1. The Labute approximate surface area is 99.9 Å². The van der Waals surface area contributed by atoms with E-state index in [1.54, 1.807) is 0 Å². The molecule has 0 aromatic carbocycles. The first-order chi connectivity index (χ1) is 7.33. The van der Waals surface area contributed by atoms with E-state index in [4.69, 9.17) is 0 Å². The van der Waals surface area contributed by atoms with Crippen molar-refractivity contribution in [3.63, 3.8) is 0 Å². The molecule has 1 N–H and O–H groups in total. The Balaban J connectivity index is 2.37. The largest absolute Gasteiger partial charge is 0.390 e. The molecule has 2 rings (SSSR count). The maximum atomic E-state index is 10.6. The lowest BCUT2D eigenvalue weighted by Crippen LogP contribution is -2.42. The van der Waals surface area contributed by atoms with Gasteiger partial charge in [-0.2, -0.15) is 0 Å². The third-order valence-corrected chi connectivity index (χ3v) is 4.95. The van der Waals surface area contributed by atoms with Crippen molar-refractivity contribution in [1.82, 2.24) is 0 Å². The number of hydrogen-bond acceptors (Lipinski definition) is 1. The monoisotopic (exact) mass is 222 g/mol. The minimum absolute atomic E-state index is 0.354. The molecule has 0 spiro atoms. The zero-order chi connectivity index (χ0) is 12.0. The predicted molar refractivity (Wildman–Crippen MR) is 68.2 cm³/mol. The Morgan fingerprint density at radius 1 is 1.25 bits per heavy atom. The molecule has 0 aromatic rings. The van der Waals surface area contributed by atoms with Crippen LogP contribution < -0.4 is 0 Å². The summed E-state index contributed by atoms with van der Waals surface area (Å²) in [6.07, 6.45) is 8.18. The first-order valence-corrected chi connectivity index (χ1v) is 6.73. The zero-order valence-electron chi connectivity index (χ0n) is 11.2. The van der Waals surface area contributed by atoms with Crippen molar-refractivity contribution >= 4 is 0 Å². The van der Waals surface area contributed by atoms with E-state index in [1.807, 2.05) is 0 Å². The summed E-state index contributed by atoms with van der Waals surface area (Å²) in [5.74, 6) is 1.03. The molecule has 0 aromatic heterocycles. The van der Waals surface area contributed by atoms with E-state index in [0.29, 0.717) is 17.3 Å². The van der Waals surface area contributed by atoms with E-state index in [9.17, 15) is 5.11 Å². The molecule has 0 radical (unpaired) electrons. The van der Waals surface area contributed by atoms with Gasteiger partial charge in [0.1, 0.15) is 0 Å². The van der Waals surface area contributed by atoms with Gasteiger partial charge < -0.3 is 5.11 Å². The average Bonchev–Trinajstić information content (AvgIpc) is 2.23. The van der Waals surface area contributed by atoms with Crippen LogP contribution in [-0.2, 0) is 0 Å². The topological polar surface area (TPSA) is 20.2 Å². The average molecular weight is 222 g/mol. The van der Waals surface area contributed by atoms with Crippen LogP contribution >= 0.6 is 0 Å². The Bertz CT molecular complexity index is 299. The minimum atomic E-state index is -0.449. The second-order valence-corrected chi connectivity index (χ2v) is 6.88.